The number of imidazole rings is 1. The van der Waals surface area contributed by atoms with Crippen LogP contribution >= 0.6 is 11.8 Å². The second kappa shape index (κ2) is 8.22. The number of aliphatic carboxylic acids is 1. The molecule has 0 saturated carbocycles. The number of carboxylic acids is 1. The molecule has 108 valence electrons. The smallest absolute Gasteiger partial charge is 0.313 e. The van der Waals surface area contributed by atoms with Gasteiger partial charge in [0.05, 0.1) is 12.4 Å². The Hall–Kier alpha value is -1.01. The summed E-state index contributed by atoms with van der Waals surface area (Å²) in [6, 6.07) is 0. The number of aromatic nitrogens is 2. The molecule has 1 rings (SSSR count). The van der Waals surface area contributed by atoms with Gasteiger partial charge < -0.3 is 14.4 Å². The third-order valence-electron chi connectivity index (χ3n) is 2.50. The van der Waals surface area contributed by atoms with Gasteiger partial charge in [-0.2, -0.15) is 0 Å². The number of aryl methyl sites for hydroxylation is 1. The van der Waals surface area contributed by atoms with Crippen LogP contribution in [0.4, 0.5) is 0 Å². The van der Waals surface area contributed by atoms with Crippen molar-refractivity contribution in [1.29, 1.82) is 0 Å². The quantitative estimate of drug-likeness (QED) is 0.557. The first kappa shape index (κ1) is 16.0. The zero-order valence-corrected chi connectivity index (χ0v) is 12.6. The van der Waals surface area contributed by atoms with E-state index in [2.05, 4.69) is 25.8 Å². The first-order valence-electron chi connectivity index (χ1n) is 6.51. The van der Waals surface area contributed by atoms with Crippen molar-refractivity contribution >= 4 is 17.7 Å². The van der Waals surface area contributed by atoms with Crippen LogP contribution < -0.4 is 0 Å². The normalized spacial score (nSPS) is 11.2. The zero-order chi connectivity index (χ0) is 14.3. The fraction of sp³-hybridized carbons (Fsp3) is 0.692. The molecule has 0 atom stereocenters. The molecule has 1 heterocycles. The van der Waals surface area contributed by atoms with Crippen LogP contribution in [-0.4, -0.2) is 39.6 Å². The first-order chi connectivity index (χ1) is 9.04. The number of hydrogen-bond donors (Lipinski definition) is 1. The molecule has 6 heteroatoms. The van der Waals surface area contributed by atoms with Gasteiger partial charge in [0.1, 0.15) is 0 Å². The number of carboxylic acid groups (broad SMARTS) is 1. The van der Waals surface area contributed by atoms with Crippen LogP contribution in [0.1, 0.15) is 26.5 Å². The van der Waals surface area contributed by atoms with E-state index in [0.717, 1.165) is 30.4 Å². The minimum Gasteiger partial charge on any atom is -0.481 e. The summed E-state index contributed by atoms with van der Waals surface area (Å²) >= 11 is 1.25. The lowest BCUT2D eigenvalue weighted by atomic mass is 10.2. The number of hydrogen-bond acceptors (Lipinski definition) is 4. The van der Waals surface area contributed by atoms with Crippen molar-refractivity contribution in [3.63, 3.8) is 0 Å². The van der Waals surface area contributed by atoms with E-state index in [-0.39, 0.29) is 5.75 Å². The second-order valence-electron chi connectivity index (χ2n) is 4.69. The summed E-state index contributed by atoms with van der Waals surface area (Å²) in [5.41, 5.74) is 1.11. The van der Waals surface area contributed by atoms with Gasteiger partial charge in [-0.3, -0.25) is 4.79 Å². The molecule has 0 bridgehead atoms. The maximum atomic E-state index is 10.6. The number of thioether (sulfide) groups is 1. The van der Waals surface area contributed by atoms with Gasteiger partial charge in [-0.05, 0) is 12.3 Å². The van der Waals surface area contributed by atoms with Crippen LogP contribution in [0.25, 0.3) is 0 Å². The van der Waals surface area contributed by atoms with Crippen LogP contribution in [0.15, 0.2) is 11.4 Å². The van der Waals surface area contributed by atoms with E-state index in [1.165, 1.54) is 11.8 Å². The topological polar surface area (TPSA) is 64.3 Å². The van der Waals surface area contributed by atoms with Gasteiger partial charge in [0.15, 0.2) is 5.16 Å². The standard InChI is InChI=1S/C13H22N2O3S/c1-4-11-7-14-13(19-9-12(16)17)15(11)5-6-18-8-10(2)3/h7,10H,4-6,8-9H2,1-3H3,(H,16,17). The molecule has 1 aromatic rings. The fourth-order valence-electron chi connectivity index (χ4n) is 1.63. The maximum absolute atomic E-state index is 10.6. The monoisotopic (exact) mass is 286 g/mol. The molecule has 1 N–H and O–H groups in total. The van der Waals surface area contributed by atoms with Gasteiger partial charge >= 0.3 is 5.97 Å². The lowest BCUT2D eigenvalue weighted by Gasteiger charge is -2.11. The largest absolute Gasteiger partial charge is 0.481 e. The summed E-state index contributed by atoms with van der Waals surface area (Å²) in [6.07, 6.45) is 2.69. The lowest BCUT2D eigenvalue weighted by Crippen LogP contribution is -2.12. The summed E-state index contributed by atoms with van der Waals surface area (Å²) < 4.78 is 7.62. The van der Waals surface area contributed by atoms with E-state index in [0.29, 0.717) is 12.5 Å². The first-order valence-corrected chi connectivity index (χ1v) is 7.49. The molecule has 0 aliphatic rings. The molecule has 0 fully saturated rings. The summed E-state index contributed by atoms with van der Waals surface area (Å²) in [6.45, 7) is 8.38. The fourth-order valence-corrected chi connectivity index (χ4v) is 2.37. The van der Waals surface area contributed by atoms with Crippen LogP contribution in [0.5, 0.6) is 0 Å². The van der Waals surface area contributed by atoms with Crippen LogP contribution in [-0.2, 0) is 22.5 Å². The van der Waals surface area contributed by atoms with E-state index in [1.54, 1.807) is 0 Å². The number of rotatable bonds is 9. The van der Waals surface area contributed by atoms with Gasteiger partial charge in [0, 0.05) is 25.0 Å². The average Bonchev–Trinajstić information content (AvgIpc) is 2.74. The van der Waals surface area contributed by atoms with Crippen molar-refractivity contribution in [2.75, 3.05) is 19.0 Å². The molecule has 0 radical (unpaired) electrons. The van der Waals surface area contributed by atoms with E-state index in [9.17, 15) is 4.79 Å². The van der Waals surface area contributed by atoms with E-state index in [4.69, 9.17) is 9.84 Å². The Balaban J connectivity index is 2.57. The highest BCUT2D eigenvalue weighted by Crippen LogP contribution is 2.18. The molecule has 1 aromatic heterocycles. The number of ether oxygens (including phenoxy) is 1. The van der Waals surface area contributed by atoms with E-state index < -0.39 is 5.97 Å². The third-order valence-corrected chi connectivity index (χ3v) is 3.47. The molecule has 0 aliphatic carbocycles. The van der Waals surface area contributed by atoms with Gasteiger partial charge in [0.25, 0.3) is 0 Å². The molecule has 0 aliphatic heterocycles. The molecular weight excluding hydrogens is 264 g/mol. The van der Waals surface area contributed by atoms with Gasteiger partial charge in [-0.1, -0.05) is 32.5 Å². The van der Waals surface area contributed by atoms with Crippen molar-refractivity contribution < 1.29 is 14.6 Å². The Morgan fingerprint density at radius 2 is 2.32 bits per heavy atom. The average molecular weight is 286 g/mol. The predicted molar refractivity (Wildman–Crippen MR) is 75.6 cm³/mol. The third kappa shape index (κ3) is 5.65. The SMILES string of the molecule is CCc1cnc(SCC(=O)O)n1CCOCC(C)C. The molecule has 0 unspecified atom stereocenters. The zero-order valence-electron chi connectivity index (χ0n) is 11.8. The van der Waals surface area contributed by atoms with E-state index >= 15 is 0 Å². The number of carbonyl (C=O) groups is 1. The highest BCUT2D eigenvalue weighted by Gasteiger charge is 2.11. The molecule has 0 spiro atoms. The highest BCUT2D eigenvalue weighted by atomic mass is 32.2. The Kier molecular flexibility index (Phi) is 6.94. The highest BCUT2D eigenvalue weighted by molar-refractivity contribution is 7.99. The van der Waals surface area contributed by atoms with Gasteiger partial charge in [-0.15, -0.1) is 0 Å². The predicted octanol–water partition coefficient (Wildman–Crippen LogP) is 2.29. The Morgan fingerprint density at radius 3 is 2.89 bits per heavy atom. The second-order valence-corrected chi connectivity index (χ2v) is 5.63. The van der Waals surface area contributed by atoms with E-state index in [1.807, 2.05) is 10.8 Å². The van der Waals surface area contributed by atoms with Crippen molar-refractivity contribution in [2.24, 2.45) is 5.92 Å². The molecule has 0 amide bonds. The Bertz CT molecular complexity index is 405. The van der Waals surface area contributed by atoms with Crippen LogP contribution in [0.3, 0.4) is 0 Å². The van der Waals surface area contributed by atoms with Gasteiger partial charge in [-0.25, -0.2) is 4.98 Å². The lowest BCUT2D eigenvalue weighted by molar-refractivity contribution is -0.133. The molecule has 0 saturated heterocycles. The Labute approximate surface area is 118 Å². The van der Waals surface area contributed by atoms with Crippen LogP contribution in [0.2, 0.25) is 0 Å². The minimum absolute atomic E-state index is 0.0347. The molecule has 0 aromatic carbocycles. The van der Waals surface area contributed by atoms with Crippen molar-refractivity contribution in [3.8, 4) is 0 Å². The molecule has 5 nitrogen and oxygen atoms in total. The summed E-state index contributed by atoms with van der Waals surface area (Å²) in [7, 11) is 0. The summed E-state index contributed by atoms with van der Waals surface area (Å²) in [5.74, 6) is -0.268. The van der Waals surface area contributed by atoms with Gasteiger partial charge in [0.2, 0.25) is 0 Å². The Morgan fingerprint density at radius 1 is 1.58 bits per heavy atom. The minimum atomic E-state index is -0.825. The molecule has 19 heavy (non-hydrogen) atoms. The van der Waals surface area contributed by atoms with Crippen molar-refractivity contribution in [3.05, 3.63) is 11.9 Å². The molecular formula is C13H22N2O3S. The van der Waals surface area contributed by atoms with Crippen molar-refractivity contribution in [1.82, 2.24) is 9.55 Å². The summed E-state index contributed by atoms with van der Waals surface area (Å²) in [4.78, 5) is 14.9. The van der Waals surface area contributed by atoms with Crippen molar-refractivity contribution in [2.45, 2.75) is 38.9 Å². The van der Waals surface area contributed by atoms with Crippen LogP contribution in [0, 0.1) is 5.92 Å². The maximum Gasteiger partial charge on any atom is 0.313 e. The summed E-state index contributed by atoms with van der Waals surface area (Å²) in [5, 5.41) is 9.48. The number of nitrogens with zero attached hydrogens (tertiary/aromatic N) is 2.